The van der Waals surface area contributed by atoms with Crippen molar-refractivity contribution in [3.63, 3.8) is 0 Å². The van der Waals surface area contributed by atoms with Crippen molar-refractivity contribution in [2.75, 3.05) is 38.0 Å². The number of hydrogen-bond donors (Lipinski definition) is 1. The average Bonchev–Trinajstić information content (AvgIpc) is 2.28. The van der Waals surface area contributed by atoms with E-state index in [1.54, 1.807) is 7.11 Å². The van der Waals surface area contributed by atoms with E-state index in [4.69, 9.17) is 16.3 Å². The molecule has 1 aromatic rings. The minimum atomic E-state index is -0.0969. The van der Waals surface area contributed by atoms with Crippen molar-refractivity contribution in [1.29, 1.82) is 0 Å². The molecule has 0 aromatic heterocycles. The zero-order valence-corrected chi connectivity index (χ0v) is 12.6. The summed E-state index contributed by atoms with van der Waals surface area (Å²) in [5, 5.41) is 4.12. The third-order valence-electron chi connectivity index (χ3n) is 3.04. The first-order valence-electron chi connectivity index (χ1n) is 6.11. The number of benzene rings is 1. The van der Waals surface area contributed by atoms with Crippen LogP contribution < -0.4 is 10.2 Å². The summed E-state index contributed by atoms with van der Waals surface area (Å²) in [6.45, 7) is 5.02. The second kappa shape index (κ2) is 6.30. The number of halogens is 1. The highest BCUT2D eigenvalue weighted by atomic mass is 35.5. The molecule has 1 aromatic carbocycles. The lowest BCUT2D eigenvalue weighted by Gasteiger charge is -2.23. The lowest BCUT2D eigenvalue weighted by atomic mass is 10.1. The maximum absolute atomic E-state index is 6.21. The first-order valence-corrected chi connectivity index (χ1v) is 6.49. The van der Waals surface area contributed by atoms with Crippen LogP contribution in [0.4, 0.5) is 11.4 Å². The summed E-state index contributed by atoms with van der Waals surface area (Å²) in [4.78, 5) is 2.00. The Labute approximate surface area is 115 Å². The molecule has 4 heteroatoms. The van der Waals surface area contributed by atoms with Crippen molar-refractivity contribution in [1.82, 2.24) is 0 Å². The van der Waals surface area contributed by atoms with Crippen LogP contribution in [0.5, 0.6) is 0 Å². The molecule has 18 heavy (non-hydrogen) atoms. The van der Waals surface area contributed by atoms with Crippen LogP contribution in [0.25, 0.3) is 0 Å². The SMILES string of the molecule is COC(C)(C)CCNc1ccc(N(C)C)c(Cl)c1. The van der Waals surface area contributed by atoms with Gasteiger partial charge in [0.05, 0.1) is 16.3 Å². The fraction of sp³-hybridized carbons (Fsp3) is 0.571. The molecule has 0 aliphatic rings. The van der Waals surface area contributed by atoms with Gasteiger partial charge in [-0.3, -0.25) is 0 Å². The molecule has 3 nitrogen and oxygen atoms in total. The predicted octanol–water partition coefficient (Wildman–Crippen LogP) is 3.63. The van der Waals surface area contributed by atoms with Crippen LogP contribution in [0.3, 0.4) is 0 Å². The first kappa shape index (κ1) is 15.1. The van der Waals surface area contributed by atoms with E-state index in [-0.39, 0.29) is 5.60 Å². The number of rotatable bonds is 6. The van der Waals surface area contributed by atoms with E-state index in [1.807, 2.05) is 37.2 Å². The third-order valence-corrected chi connectivity index (χ3v) is 3.34. The van der Waals surface area contributed by atoms with Crippen LogP contribution >= 0.6 is 11.6 Å². The van der Waals surface area contributed by atoms with Gasteiger partial charge >= 0.3 is 0 Å². The van der Waals surface area contributed by atoms with Crippen LogP contribution in [0.2, 0.25) is 5.02 Å². The Morgan fingerprint density at radius 3 is 2.50 bits per heavy atom. The van der Waals surface area contributed by atoms with Gasteiger partial charge in [0.2, 0.25) is 0 Å². The first-order chi connectivity index (χ1) is 8.35. The molecule has 0 radical (unpaired) electrons. The average molecular weight is 271 g/mol. The third kappa shape index (κ3) is 4.39. The molecule has 0 bridgehead atoms. The zero-order valence-electron chi connectivity index (χ0n) is 11.9. The Morgan fingerprint density at radius 2 is 2.00 bits per heavy atom. The molecule has 0 amide bonds. The summed E-state index contributed by atoms with van der Waals surface area (Å²) in [6, 6.07) is 6.02. The summed E-state index contributed by atoms with van der Waals surface area (Å²) < 4.78 is 5.38. The quantitative estimate of drug-likeness (QED) is 0.854. The van der Waals surface area contributed by atoms with E-state index in [0.29, 0.717) is 0 Å². The number of ether oxygens (including phenoxy) is 1. The normalized spacial score (nSPS) is 11.4. The fourth-order valence-corrected chi connectivity index (χ4v) is 1.94. The molecule has 102 valence electrons. The molecule has 0 aliphatic carbocycles. The highest BCUT2D eigenvalue weighted by Crippen LogP contribution is 2.27. The van der Waals surface area contributed by atoms with Crippen LogP contribution in [-0.2, 0) is 4.74 Å². The van der Waals surface area contributed by atoms with E-state index in [2.05, 4.69) is 19.2 Å². The molecule has 1 rings (SSSR count). The van der Waals surface area contributed by atoms with Gasteiger partial charge in [0.1, 0.15) is 0 Å². The van der Waals surface area contributed by atoms with Crippen LogP contribution in [0.15, 0.2) is 18.2 Å². The van der Waals surface area contributed by atoms with Crippen LogP contribution in [0, 0.1) is 0 Å². The summed E-state index contributed by atoms with van der Waals surface area (Å²) in [5.74, 6) is 0. The topological polar surface area (TPSA) is 24.5 Å². The minimum Gasteiger partial charge on any atom is -0.385 e. The van der Waals surface area contributed by atoms with Crippen molar-refractivity contribution in [3.8, 4) is 0 Å². The molecule has 0 aliphatic heterocycles. The molecular formula is C14H23ClN2O. The Morgan fingerprint density at radius 1 is 1.33 bits per heavy atom. The standard InChI is InChI=1S/C14H23ClN2O/c1-14(2,18-5)8-9-16-11-6-7-13(17(3)4)12(15)10-11/h6-7,10,16H,8-9H2,1-5H3. The van der Waals surface area contributed by atoms with E-state index in [9.17, 15) is 0 Å². The molecule has 0 saturated carbocycles. The maximum Gasteiger partial charge on any atom is 0.0659 e. The van der Waals surface area contributed by atoms with E-state index in [0.717, 1.165) is 29.4 Å². The van der Waals surface area contributed by atoms with E-state index >= 15 is 0 Å². The van der Waals surface area contributed by atoms with Crippen LogP contribution in [-0.4, -0.2) is 33.4 Å². The molecule has 0 heterocycles. The fourth-order valence-electron chi connectivity index (χ4n) is 1.59. The van der Waals surface area contributed by atoms with Gasteiger partial charge in [-0.25, -0.2) is 0 Å². The highest BCUT2D eigenvalue weighted by molar-refractivity contribution is 6.33. The van der Waals surface area contributed by atoms with Crippen molar-refractivity contribution in [3.05, 3.63) is 23.2 Å². The van der Waals surface area contributed by atoms with Gasteiger partial charge in [-0.05, 0) is 38.5 Å². The molecule has 1 N–H and O–H groups in total. The number of methoxy groups -OCH3 is 1. The molecular weight excluding hydrogens is 248 g/mol. The minimum absolute atomic E-state index is 0.0969. The zero-order chi connectivity index (χ0) is 13.8. The number of hydrogen-bond acceptors (Lipinski definition) is 3. The number of nitrogens with zero attached hydrogens (tertiary/aromatic N) is 1. The van der Waals surface area contributed by atoms with Crippen molar-refractivity contribution >= 4 is 23.0 Å². The monoisotopic (exact) mass is 270 g/mol. The Kier molecular flexibility index (Phi) is 5.29. The van der Waals surface area contributed by atoms with Crippen LogP contribution in [0.1, 0.15) is 20.3 Å². The van der Waals surface area contributed by atoms with E-state index in [1.165, 1.54) is 0 Å². The van der Waals surface area contributed by atoms with E-state index < -0.39 is 0 Å². The molecule has 0 fully saturated rings. The van der Waals surface area contributed by atoms with Gasteiger partial charge in [-0.15, -0.1) is 0 Å². The largest absolute Gasteiger partial charge is 0.385 e. The summed E-state index contributed by atoms with van der Waals surface area (Å²) in [5.41, 5.74) is 1.97. The Bertz CT molecular complexity index is 391. The lowest BCUT2D eigenvalue weighted by molar-refractivity contribution is 0.0185. The van der Waals surface area contributed by atoms with Gasteiger partial charge in [-0.2, -0.15) is 0 Å². The Balaban J connectivity index is 2.57. The second-order valence-electron chi connectivity index (χ2n) is 5.20. The molecule has 0 atom stereocenters. The van der Waals surface area contributed by atoms with Crippen molar-refractivity contribution < 1.29 is 4.74 Å². The summed E-state index contributed by atoms with van der Waals surface area (Å²) >= 11 is 6.21. The van der Waals surface area contributed by atoms with Crippen molar-refractivity contribution in [2.45, 2.75) is 25.9 Å². The highest BCUT2D eigenvalue weighted by Gasteiger charge is 2.15. The Hall–Kier alpha value is -0.930. The van der Waals surface area contributed by atoms with Crippen molar-refractivity contribution in [2.24, 2.45) is 0 Å². The van der Waals surface area contributed by atoms with Gasteiger partial charge in [0.25, 0.3) is 0 Å². The summed E-state index contributed by atoms with van der Waals surface area (Å²) in [6.07, 6.45) is 0.941. The molecule has 0 spiro atoms. The molecule has 0 saturated heterocycles. The van der Waals surface area contributed by atoms with Gasteiger partial charge < -0.3 is 15.0 Å². The van der Waals surface area contributed by atoms with Gasteiger partial charge in [-0.1, -0.05) is 11.6 Å². The maximum atomic E-state index is 6.21. The second-order valence-corrected chi connectivity index (χ2v) is 5.61. The number of anilines is 2. The van der Waals surface area contributed by atoms with Gasteiger partial charge in [0, 0.05) is 33.4 Å². The van der Waals surface area contributed by atoms with Gasteiger partial charge in [0.15, 0.2) is 0 Å². The summed E-state index contributed by atoms with van der Waals surface area (Å²) in [7, 11) is 5.70. The number of nitrogens with one attached hydrogen (secondary N) is 1. The predicted molar refractivity (Wildman–Crippen MR) is 80.0 cm³/mol. The smallest absolute Gasteiger partial charge is 0.0659 e. The lowest BCUT2D eigenvalue weighted by Crippen LogP contribution is -2.25. The molecule has 0 unspecified atom stereocenters.